The second-order valence-electron chi connectivity index (χ2n) is 7.11. The summed E-state index contributed by atoms with van der Waals surface area (Å²) in [5, 5.41) is 11.2. The topological polar surface area (TPSA) is 102 Å². The molecule has 1 atom stereocenters. The highest BCUT2D eigenvalue weighted by molar-refractivity contribution is 5.98. The van der Waals surface area contributed by atoms with Crippen molar-refractivity contribution in [1.29, 1.82) is 0 Å². The summed E-state index contributed by atoms with van der Waals surface area (Å²) >= 11 is 0. The summed E-state index contributed by atoms with van der Waals surface area (Å²) in [4.78, 5) is 26.7. The van der Waals surface area contributed by atoms with Gasteiger partial charge in [-0.25, -0.2) is 0 Å². The lowest BCUT2D eigenvalue weighted by Gasteiger charge is -2.17. The second-order valence-corrected chi connectivity index (χ2v) is 7.11. The number of hydrogen-bond acceptors (Lipinski definition) is 6. The Kier molecular flexibility index (Phi) is 5.26. The molecule has 0 saturated carbocycles. The van der Waals surface area contributed by atoms with E-state index in [0.717, 1.165) is 29.2 Å². The molecular formula is C21H23N5O4. The average Bonchev–Trinajstić information content (AvgIpc) is 3.46. The van der Waals surface area contributed by atoms with E-state index in [9.17, 15) is 9.59 Å². The number of aromatic nitrogens is 3. The van der Waals surface area contributed by atoms with Crippen LogP contribution in [0.2, 0.25) is 0 Å². The van der Waals surface area contributed by atoms with Gasteiger partial charge in [-0.2, -0.15) is 5.10 Å². The minimum absolute atomic E-state index is 0.0497. The molecule has 9 nitrogen and oxygen atoms in total. The molecule has 9 heteroatoms. The van der Waals surface area contributed by atoms with Gasteiger partial charge in [-0.15, -0.1) is 0 Å². The van der Waals surface area contributed by atoms with Gasteiger partial charge in [0.15, 0.2) is 0 Å². The summed E-state index contributed by atoms with van der Waals surface area (Å²) in [6.07, 6.45) is 1.93. The number of carbonyl (C=O) groups is 2. The third-order valence-corrected chi connectivity index (χ3v) is 5.26. The predicted molar refractivity (Wildman–Crippen MR) is 109 cm³/mol. The van der Waals surface area contributed by atoms with Crippen molar-refractivity contribution in [2.24, 2.45) is 0 Å². The minimum Gasteiger partial charge on any atom is -0.497 e. The lowest BCUT2D eigenvalue weighted by atomic mass is 10.2. The molecule has 1 aliphatic heterocycles. The van der Waals surface area contributed by atoms with Gasteiger partial charge in [0.25, 0.3) is 5.91 Å². The molecule has 30 heavy (non-hydrogen) atoms. The summed E-state index contributed by atoms with van der Waals surface area (Å²) in [7, 11) is 1.59. The van der Waals surface area contributed by atoms with Crippen molar-refractivity contribution in [3.8, 4) is 17.0 Å². The van der Waals surface area contributed by atoms with Gasteiger partial charge in [0.1, 0.15) is 11.4 Å². The lowest BCUT2D eigenvalue weighted by molar-refractivity contribution is -0.117. The monoisotopic (exact) mass is 409 g/mol. The Morgan fingerprint density at radius 3 is 2.77 bits per heavy atom. The molecular weight excluding hydrogens is 386 g/mol. The molecule has 0 aliphatic carbocycles. The van der Waals surface area contributed by atoms with Crippen molar-refractivity contribution in [2.45, 2.75) is 32.9 Å². The molecule has 0 spiro atoms. The number of amides is 2. The molecule has 3 aromatic rings. The molecule has 1 N–H and O–H groups in total. The van der Waals surface area contributed by atoms with Crippen molar-refractivity contribution >= 4 is 17.5 Å². The molecule has 2 aromatic heterocycles. The van der Waals surface area contributed by atoms with Gasteiger partial charge in [-0.1, -0.05) is 5.16 Å². The maximum atomic E-state index is 12.6. The zero-order valence-electron chi connectivity index (χ0n) is 17.1. The smallest absolute Gasteiger partial charge is 0.290 e. The summed E-state index contributed by atoms with van der Waals surface area (Å²) in [5.41, 5.74) is 3.10. The number of nitrogens with one attached hydrogen (secondary N) is 1. The van der Waals surface area contributed by atoms with Gasteiger partial charge in [0.2, 0.25) is 11.7 Å². The molecule has 1 fully saturated rings. The minimum atomic E-state index is -0.399. The van der Waals surface area contributed by atoms with Crippen LogP contribution < -0.4 is 15.0 Å². The van der Waals surface area contributed by atoms with Gasteiger partial charge >= 0.3 is 0 Å². The first-order valence-electron chi connectivity index (χ1n) is 9.75. The number of nitrogens with zero attached hydrogens (tertiary/aromatic N) is 4. The molecule has 2 amide bonds. The Hall–Kier alpha value is -3.62. The molecule has 156 valence electrons. The first-order valence-corrected chi connectivity index (χ1v) is 9.75. The molecule has 1 saturated heterocycles. The highest BCUT2D eigenvalue weighted by Crippen LogP contribution is 2.25. The number of carbonyl (C=O) groups excluding carboxylic acids is 2. The molecule has 0 bridgehead atoms. The number of aryl methyl sites for hydroxylation is 1. The number of methoxy groups -OCH3 is 1. The van der Waals surface area contributed by atoms with Crippen molar-refractivity contribution in [3.63, 3.8) is 0 Å². The van der Waals surface area contributed by atoms with Gasteiger partial charge in [0, 0.05) is 42.5 Å². The van der Waals surface area contributed by atoms with Crippen molar-refractivity contribution < 1.29 is 18.8 Å². The fourth-order valence-electron chi connectivity index (χ4n) is 3.60. The molecule has 1 aliphatic rings. The number of ether oxygens (including phenoxy) is 1. The van der Waals surface area contributed by atoms with Gasteiger partial charge in [0.05, 0.1) is 19.3 Å². The quantitative estimate of drug-likeness (QED) is 0.671. The van der Waals surface area contributed by atoms with Crippen LogP contribution in [0.3, 0.4) is 0 Å². The van der Waals surface area contributed by atoms with Crippen molar-refractivity contribution in [1.82, 2.24) is 20.3 Å². The van der Waals surface area contributed by atoms with E-state index >= 15 is 0 Å². The van der Waals surface area contributed by atoms with Gasteiger partial charge in [-0.05, 0) is 38.1 Å². The Morgan fingerprint density at radius 2 is 2.10 bits per heavy atom. The van der Waals surface area contributed by atoms with E-state index in [1.54, 1.807) is 36.4 Å². The van der Waals surface area contributed by atoms with E-state index in [4.69, 9.17) is 9.26 Å². The van der Waals surface area contributed by atoms with E-state index in [1.165, 1.54) is 0 Å². The molecule has 3 heterocycles. The van der Waals surface area contributed by atoms with E-state index in [1.807, 2.05) is 30.7 Å². The standard InChI is InChI=1S/C21H23N5O4/c1-4-26-13(2)17(11-22-26)18-10-19(30-24-18)21(28)23-14-9-20(27)25(12-14)15-5-7-16(29-3)8-6-15/h5-8,10-11,14H,4,9,12H2,1-3H3,(H,23,28). The number of hydrogen-bond donors (Lipinski definition) is 1. The molecule has 4 rings (SSSR count). The van der Waals surface area contributed by atoms with Crippen molar-refractivity contribution in [3.05, 3.63) is 48.0 Å². The third-order valence-electron chi connectivity index (χ3n) is 5.26. The zero-order valence-corrected chi connectivity index (χ0v) is 17.1. The lowest BCUT2D eigenvalue weighted by Crippen LogP contribution is -2.37. The van der Waals surface area contributed by atoms with Gasteiger partial charge < -0.3 is 19.5 Å². The maximum Gasteiger partial charge on any atom is 0.290 e. The first kappa shape index (κ1) is 19.7. The largest absolute Gasteiger partial charge is 0.497 e. The Balaban J connectivity index is 1.42. The van der Waals surface area contributed by atoms with Crippen LogP contribution in [0.25, 0.3) is 11.3 Å². The third kappa shape index (κ3) is 3.66. The average molecular weight is 409 g/mol. The van der Waals surface area contributed by atoms with E-state index < -0.39 is 5.91 Å². The summed E-state index contributed by atoms with van der Waals surface area (Å²) in [5.74, 6) is 0.370. The molecule has 1 aromatic carbocycles. The van der Waals surface area contributed by atoms with E-state index in [-0.39, 0.29) is 24.1 Å². The van der Waals surface area contributed by atoms with Gasteiger partial charge in [-0.3, -0.25) is 14.3 Å². The normalized spacial score (nSPS) is 16.2. The first-order chi connectivity index (χ1) is 14.5. The fourth-order valence-corrected chi connectivity index (χ4v) is 3.60. The highest BCUT2D eigenvalue weighted by atomic mass is 16.5. The fraction of sp³-hybridized carbons (Fsp3) is 0.333. The number of anilines is 1. The second kappa shape index (κ2) is 8.02. The molecule has 0 radical (unpaired) electrons. The SMILES string of the molecule is CCn1ncc(-c2cc(C(=O)NC3CC(=O)N(c4ccc(OC)cc4)C3)on2)c1C. The van der Waals surface area contributed by atoms with E-state index in [2.05, 4.69) is 15.6 Å². The summed E-state index contributed by atoms with van der Waals surface area (Å²) in [6.45, 7) is 5.08. The summed E-state index contributed by atoms with van der Waals surface area (Å²) < 4.78 is 12.2. The predicted octanol–water partition coefficient (Wildman–Crippen LogP) is 2.41. The Labute approximate surface area is 173 Å². The Morgan fingerprint density at radius 1 is 1.33 bits per heavy atom. The Bertz CT molecular complexity index is 1070. The van der Waals surface area contributed by atoms with Crippen LogP contribution in [0.15, 0.2) is 41.1 Å². The highest BCUT2D eigenvalue weighted by Gasteiger charge is 2.32. The van der Waals surface area contributed by atoms with Crippen LogP contribution in [-0.2, 0) is 11.3 Å². The van der Waals surface area contributed by atoms with Crippen LogP contribution in [0.4, 0.5) is 5.69 Å². The maximum absolute atomic E-state index is 12.6. The van der Waals surface area contributed by atoms with Crippen LogP contribution in [-0.4, -0.2) is 46.4 Å². The van der Waals surface area contributed by atoms with E-state index in [0.29, 0.717) is 12.2 Å². The molecule has 1 unspecified atom stereocenters. The van der Waals surface area contributed by atoms with Crippen LogP contribution in [0.1, 0.15) is 29.6 Å². The van der Waals surface area contributed by atoms with Crippen LogP contribution >= 0.6 is 0 Å². The summed E-state index contributed by atoms with van der Waals surface area (Å²) in [6, 6.07) is 8.52. The number of benzene rings is 1. The zero-order chi connectivity index (χ0) is 21.3. The number of rotatable bonds is 6. The van der Waals surface area contributed by atoms with Crippen LogP contribution in [0.5, 0.6) is 5.75 Å². The van der Waals surface area contributed by atoms with Crippen molar-refractivity contribution in [2.75, 3.05) is 18.6 Å². The van der Waals surface area contributed by atoms with Crippen LogP contribution in [0, 0.1) is 6.92 Å².